The second-order valence-electron chi connectivity index (χ2n) is 9.63. The average Bonchev–Trinajstić information content (AvgIpc) is 3.43. The van der Waals surface area contributed by atoms with Crippen LogP contribution in [-0.4, -0.2) is 22.8 Å². The van der Waals surface area contributed by atoms with E-state index < -0.39 is 5.97 Å². The molecule has 5 nitrogen and oxygen atoms in total. The van der Waals surface area contributed by atoms with Crippen molar-refractivity contribution >= 4 is 49.9 Å². The fourth-order valence-corrected chi connectivity index (χ4v) is 5.85. The van der Waals surface area contributed by atoms with Gasteiger partial charge in [-0.3, -0.25) is 9.59 Å². The summed E-state index contributed by atoms with van der Waals surface area (Å²) in [7, 11) is 0. The van der Waals surface area contributed by atoms with E-state index in [9.17, 15) is 18.8 Å². The molecule has 1 aromatic heterocycles. The van der Waals surface area contributed by atoms with Gasteiger partial charge in [-0.2, -0.15) is 0 Å². The van der Waals surface area contributed by atoms with E-state index in [0.29, 0.717) is 22.1 Å². The van der Waals surface area contributed by atoms with E-state index >= 15 is 0 Å². The number of carbonyl (C=O) groups is 3. The molecule has 1 heterocycles. The van der Waals surface area contributed by atoms with Gasteiger partial charge in [-0.1, -0.05) is 60.7 Å². The van der Waals surface area contributed by atoms with Gasteiger partial charge in [0.15, 0.2) is 5.78 Å². The molecule has 0 atom stereocenters. The Morgan fingerprint density at radius 1 is 0.732 bits per heavy atom. The Morgan fingerprint density at radius 2 is 1.44 bits per heavy atom. The van der Waals surface area contributed by atoms with Crippen LogP contribution < -0.4 is 5.32 Å². The molecule has 0 saturated carbocycles. The Bertz CT molecular complexity index is 1960. The summed E-state index contributed by atoms with van der Waals surface area (Å²) in [4.78, 5) is 38.6. The Hall–Kier alpha value is -5.14. The Morgan fingerprint density at radius 3 is 2.17 bits per heavy atom. The lowest BCUT2D eigenvalue weighted by molar-refractivity contribution is 0.0696. The van der Waals surface area contributed by atoms with Crippen LogP contribution in [0, 0.1) is 5.82 Å². The normalized spacial score (nSPS) is 11.0. The molecule has 6 rings (SSSR count). The van der Waals surface area contributed by atoms with Crippen LogP contribution in [0.1, 0.15) is 42.2 Å². The summed E-state index contributed by atoms with van der Waals surface area (Å²) in [5, 5.41) is 16.4. The zero-order valence-corrected chi connectivity index (χ0v) is 22.4. The van der Waals surface area contributed by atoms with E-state index in [2.05, 4.69) is 5.32 Å². The van der Waals surface area contributed by atoms with Crippen LogP contribution in [0.5, 0.6) is 0 Å². The number of ketones is 1. The van der Waals surface area contributed by atoms with Crippen molar-refractivity contribution in [3.8, 4) is 11.1 Å². The molecule has 200 valence electrons. The zero-order valence-electron chi connectivity index (χ0n) is 21.6. The van der Waals surface area contributed by atoms with Crippen molar-refractivity contribution < 1.29 is 23.9 Å². The molecule has 1 amide bonds. The predicted molar refractivity (Wildman–Crippen MR) is 159 cm³/mol. The minimum atomic E-state index is -1.03. The van der Waals surface area contributed by atoms with E-state index in [1.54, 1.807) is 41.8 Å². The number of carboxylic acids is 1. The number of hydrogen-bond donors (Lipinski definition) is 2. The molecule has 7 heteroatoms. The zero-order chi connectivity index (χ0) is 28.5. The molecule has 0 unspecified atom stereocenters. The highest BCUT2D eigenvalue weighted by molar-refractivity contribution is 7.17. The summed E-state index contributed by atoms with van der Waals surface area (Å²) >= 11 is 1.37. The number of halogens is 1. The largest absolute Gasteiger partial charge is 0.478 e. The maximum atomic E-state index is 13.8. The summed E-state index contributed by atoms with van der Waals surface area (Å²) < 4.78 is 14.4. The maximum Gasteiger partial charge on any atom is 0.335 e. The highest BCUT2D eigenvalue weighted by Gasteiger charge is 2.22. The van der Waals surface area contributed by atoms with Crippen molar-refractivity contribution in [2.75, 3.05) is 0 Å². The number of thiophene rings is 1. The molecule has 0 radical (unpaired) electrons. The van der Waals surface area contributed by atoms with Gasteiger partial charge in [0.2, 0.25) is 0 Å². The monoisotopic (exact) mass is 559 g/mol. The highest BCUT2D eigenvalue weighted by atomic mass is 32.1. The SMILES string of the molecule is O=C(O)c1ccc(CNC(=O)c2cc(-c3ccc(F)cc3)cc3scc(C(=O)c4ccc5ccccc5c4)c23)cc1. The van der Waals surface area contributed by atoms with Gasteiger partial charge in [0.25, 0.3) is 5.91 Å². The standard InChI is InChI=1S/C34H22FNO4S/c35-27-13-11-22(12-14-27)26-16-28(33(38)36-18-20-5-7-23(8-6-20)34(39)40)31-29(19-41-30(31)17-26)32(37)25-10-9-21-3-1-2-4-24(21)15-25/h1-17,19H,18H2,(H,36,38)(H,39,40). The molecule has 0 fully saturated rings. The third kappa shape index (κ3) is 5.23. The molecular weight excluding hydrogens is 537 g/mol. The molecule has 0 saturated heterocycles. The molecule has 41 heavy (non-hydrogen) atoms. The van der Waals surface area contributed by atoms with Crippen molar-refractivity contribution in [1.29, 1.82) is 0 Å². The van der Waals surface area contributed by atoms with Crippen molar-refractivity contribution in [1.82, 2.24) is 5.32 Å². The third-order valence-corrected chi connectivity index (χ3v) is 7.94. The minimum Gasteiger partial charge on any atom is -0.478 e. The van der Waals surface area contributed by atoms with Crippen molar-refractivity contribution in [2.24, 2.45) is 0 Å². The first-order valence-corrected chi connectivity index (χ1v) is 13.7. The molecule has 0 aliphatic heterocycles. The summed E-state index contributed by atoms with van der Waals surface area (Å²) in [6.07, 6.45) is 0. The Labute approximate surface area is 238 Å². The lowest BCUT2D eigenvalue weighted by Gasteiger charge is -2.12. The highest BCUT2D eigenvalue weighted by Crippen LogP contribution is 2.36. The van der Waals surface area contributed by atoms with Gasteiger partial charge < -0.3 is 10.4 Å². The molecule has 5 aromatic carbocycles. The summed E-state index contributed by atoms with van der Waals surface area (Å²) in [6, 6.07) is 29.3. The van der Waals surface area contributed by atoms with E-state index in [4.69, 9.17) is 5.11 Å². The second-order valence-corrected chi connectivity index (χ2v) is 10.5. The smallest absolute Gasteiger partial charge is 0.335 e. The number of benzene rings is 5. The number of rotatable bonds is 7. The molecule has 0 spiro atoms. The van der Waals surface area contributed by atoms with Crippen LogP contribution in [-0.2, 0) is 6.54 Å². The molecule has 6 aromatic rings. The summed E-state index contributed by atoms with van der Waals surface area (Å²) in [5.41, 5.74) is 3.63. The van der Waals surface area contributed by atoms with E-state index in [1.807, 2.05) is 42.5 Å². The molecule has 0 bridgehead atoms. The lowest BCUT2D eigenvalue weighted by Crippen LogP contribution is -2.23. The Kier molecular flexibility index (Phi) is 6.87. The summed E-state index contributed by atoms with van der Waals surface area (Å²) in [6.45, 7) is 0.166. The second kappa shape index (κ2) is 10.8. The van der Waals surface area contributed by atoms with Gasteiger partial charge in [0.1, 0.15) is 5.82 Å². The Balaban J connectivity index is 1.41. The van der Waals surface area contributed by atoms with E-state index in [-0.39, 0.29) is 29.6 Å². The minimum absolute atomic E-state index is 0.156. The van der Waals surface area contributed by atoms with Gasteiger partial charge >= 0.3 is 5.97 Å². The van der Waals surface area contributed by atoms with Crippen LogP contribution >= 0.6 is 11.3 Å². The fraction of sp³-hybridized carbons (Fsp3) is 0.0294. The average molecular weight is 560 g/mol. The van der Waals surface area contributed by atoms with Crippen LogP contribution in [0.25, 0.3) is 32.0 Å². The van der Waals surface area contributed by atoms with Crippen LogP contribution in [0.15, 0.2) is 109 Å². The van der Waals surface area contributed by atoms with Gasteiger partial charge in [0, 0.05) is 38.7 Å². The summed E-state index contributed by atoms with van der Waals surface area (Å²) in [5.74, 6) is -1.95. The van der Waals surface area contributed by atoms with E-state index in [1.165, 1.54) is 35.6 Å². The lowest BCUT2D eigenvalue weighted by atomic mass is 9.94. The van der Waals surface area contributed by atoms with Crippen molar-refractivity contribution in [3.63, 3.8) is 0 Å². The van der Waals surface area contributed by atoms with Crippen molar-refractivity contribution in [2.45, 2.75) is 6.54 Å². The topological polar surface area (TPSA) is 83.5 Å². The number of carbonyl (C=O) groups excluding carboxylic acids is 2. The molecule has 0 aliphatic carbocycles. The van der Waals surface area contributed by atoms with E-state index in [0.717, 1.165) is 32.2 Å². The first kappa shape index (κ1) is 26.1. The predicted octanol–water partition coefficient (Wildman–Crippen LogP) is 7.72. The first-order chi connectivity index (χ1) is 19.9. The molecular formula is C34H22FNO4S. The van der Waals surface area contributed by atoms with Gasteiger partial charge in [-0.05, 0) is 69.9 Å². The number of carboxylic acid groups (broad SMARTS) is 1. The van der Waals surface area contributed by atoms with Crippen LogP contribution in [0.2, 0.25) is 0 Å². The molecule has 2 N–H and O–H groups in total. The van der Waals surface area contributed by atoms with Gasteiger partial charge in [0.05, 0.1) is 5.56 Å². The van der Waals surface area contributed by atoms with Crippen LogP contribution in [0.3, 0.4) is 0 Å². The van der Waals surface area contributed by atoms with Gasteiger partial charge in [-0.25, -0.2) is 9.18 Å². The van der Waals surface area contributed by atoms with Crippen LogP contribution in [0.4, 0.5) is 4.39 Å². The quantitative estimate of drug-likeness (QED) is 0.196. The third-order valence-electron chi connectivity index (χ3n) is 7.01. The first-order valence-electron chi connectivity index (χ1n) is 12.8. The van der Waals surface area contributed by atoms with Crippen molar-refractivity contribution in [3.05, 3.63) is 142 Å². The van der Waals surface area contributed by atoms with Gasteiger partial charge in [-0.15, -0.1) is 11.3 Å². The number of fused-ring (bicyclic) bond motifs is 2. The maximum absolute atomic E-state index is 13.8. The number of hydrogen-bond acceptors (Lipinski definition) is 4. The number of aromatic carboxylic acids is 1. The number of amides is 1. The fourth-order valence-electron chi connectivity index (χ4n) is 4.85. The number of nitrogens with one attached hydrogen (secondary N) is 1. The molecule has 0 aliphatic rings.